The van der Waals surface area contributed by atoms with Crippen LogP contribution in [-0.2, 0) is 0 Å². The van der Waals surface area contributed by atoms with Gasteiger partial charge in [-0.1, -0.05) is 17.7 Å². The normalized spacial score (nSPS) is 15.3. The second-order valence-electron chi connectivity index (χ2n) is 6.19. The zero-order chi connectivity index (χ0) is 16.8. The second-order valence-corrected chi connectivity index (χ2v) is 8.36. The summed E-state index contributed by atoms with van der Waals surface area (Å²) >= 11 is 3.69. The fourth-order valence-corrected chi connectivity index (χ4v) is 4.87. The van der Waals surface area contributed by atoms with E-state index in [2.05, 4.69) is 62.1 Å². The molecule has 0 unspecified atom stereocenters. The molecule has 126 valence electrons. The van der Waals surface area contributed by atoms with E-state index in [9.17, 15) is 0 Å². The highest BCUT2D eigenvalue weighted by atomic mass is 32.2. The Balaban J connectivity index is 1.85. The van der Waals surface area contributed by atoms with Crippen molar-refractivity contribution < 1.29 is 0 Å². The number of thiophene rings is 1. The van der Waals surface area contributed by atoms with Gasteiger partial charge in [0.25, 0.3) is 0 Å². The number of benzene rings is 1. The molecule has 3 aromatic heterocycles. The van der Waals surface area contributed by atoms with Crippen LogP contribution in [0, 0.1) is 6.92 Å². The first kappa shape index (κ1) is 15.2. The molecule has 0 radical (unpaired) electrons. The lowest BCUT2D eigenvalue weighted by molar-refractivity contribution is 0.809. The van der Waals surface area contributed by atoms with E-state index in [0.717, 1.165) is 57.8 Å². The van der Waals surface area contributed by atoms with E-state index in [0.29, 0.717) is 0 Å². The van der Waals surface area contributed by atoms with E-state index in [-0.39, 0.29) is 0 Å². The van der Waals surface area contributed by atoms with E-state index in [1.807, 2.05) is 11.8 Å². The number of hydrogen-bond acceptors (Lipinski definition) is 6. The molecule has 4 aromatic rings. The highest BCUT2D eigenvalue weighted by Crippen LogP contribution is 2.31. The Morgan fingerprint density at radius 1 is 1.08 bits per heavy atom. The van der Waals surface area contributed by atoms with Gasteiger partial charge in [0.1, 0.15) is 0 Å². The predicted molar refractivity (Wildman–Crippen MR) is 106 cm³/mol. The van der Waals surface area contributed by atoms with Gasteiger partial charge in [0.05, 0.1) is 10.4 Å². The number of thioether (sulfide) groups is 1. The minimum atomic E-state index is 0.883. The molecule has 5 nitrogen and oxygen atoms in total. The molecular weight excluding hydrogens is 350 g/mol. The van der Waals surface area contributed by atoms with Gasteiger partial charge in [-0.25, -0.2) is 9.38 Å². The maximum absolute atomic E-state index is 5.02. The fraction of sp³-hybridized carbons (Fsp3) is 0.278. The lowest BCUT2D eigenvalue weighted by atomic mass is 10.1. The summed E-state index contributed by atoms with van der Waals surface area (Å²) in [5, 5.41) is 12.2. The minimum Gasteiger partial charge on any atom is -0.340 e. The highest BCUT2D eigenvalue weighted by Gasteiger charge is 2.22. The first-order valence-electron chi connectivity index (χ1n) is 8.33. The molecule has 25 heavy (non-hydrogen) atoms. The van der Waals surface area contributed by atoms with Gasteiger partial charge in [0.2, 0.25) is 5.95 Å². The Hall–Kier alpha value is -2.12. The van der Waals surface area contributed by atoms with Gasteiger partial charge in [-0.3, -0.25) is 0 Å². The Kier molecular flexibility index (Phi) is 3.64. The van der Waals surface area contributed by atoms with Gasteiger partial charge < -0.3 is 4.90 Å². The van der Waals surface area contributed by atoms with Gasteiger partial charge in [0.15, 0.2) is 11.5 Å². The number of rotatable bonds is 2. The summed E-state index contributed by atoms with van der Waals surface area (Å²) in [5.74, 6) is 4.10. The van der Waals surface area contributed by atoms with Gasteiger partial charge >= 0.3 is 0 Å². The smallest absolute Gasteiger partial charge is 0.213 e. The van der Waals surface area contributed by atoms with Crippen molar-refractivity contribution in [2.45, 2.75) is 6.92 Å². The molecule has 4 heterocycles. The van der Waals surface area contributed by atoms with Crippen molar-refractivity contribution in [3.63, 3.8) is 0 Å². The Bertz CT molecular complexity index is 1050. The zero-order valence-electron chi connectivity index (χ0n) is 13.8. The number of nitrogens with zero attached hydrogens (tertiary/aromatic N) is 5. The maximum Gasteiger partial charge on any atom is 0.213 e. The molecule has 0 saturated carbocycles. The van der Waals surface area contributed by atoms with Crippen LogP contribution < -0.4 is 4.90 Å². The molecule has 7 heteroatoms. The lowest BCUT2D eigenvalue weighted by Gasteiger charge is -2.28. The Morgan fingerprint density at radius 2 is 1.96 bits per heavy atom. The molecule has 0 aliphatic carbocycles. The van der Waals surface area contributed by atoms with Crippen LogP contribution in [0.2, 0.25) is 0 Å². The lowest BCUT2D eigenvalue weighted by Crippen LogP contribution is -2.34. The van der Waals surface area contributed by atoms with Crippen molar-refractivity contribution in [2.24, 2.45) is 0 Å². The first-order chi connectivity index (χ1) is 12.3. The topological polar surface area (TPSA) is 46.3 Å². The summed E-state index contributed by atoms with van der Waals surface area (Å²) in [6.45, 7) is 4.11. The van der Waals surface area contributed by atoms with Crippen LogP contribution in [0.1, 0.15) is 5.56 Å². The average molecular weight is 368 g/mol. The molecule has 0 bridgehead atoms. The molecule has 1 aromatic carbocycles. The average Bonchev–Trinajstić information content (AvgIpc) is 3.31. The molecular formula is C18H17N5S2. The second kappa shape index (κ2) is 6.00. The van der Waals surface area contributed by atoms with Crippen LogP contribution in [0.4, 0.5) is 5.95 Å². The van der Waals surface area contributed by atoms with E-state index < -0.39 is 0 Å². The third-order valence-electron chi connectivity index (χ3n) is 4.51. The third kappa shape index (κ3) is 2.49. The van der Waals surface area contributed by atoms with E-state index >= 15 is 0 Å². The monoisotopic (exact) mass is 367 g/mol. The van der Waals surface area contributed by atoms with Crippen molar-refractivity contribution in [1.82, 2.24) is 19.6 Å². The van der Waals surface area contributed by atoms with Crippen molar-refractivity contribution in [3.05, 3.63) is 41.3 Å². The summed E-state index contributed by atoms with van der Waals surface area (Å²) in [4.78, 5) is 8.50. The number of fused-ring (bicyclic) bond motifs is 3. The molecule has 0 spiro atoms. The molecule has 1 aliphatic rings. The first-order valence-corrected chi connectivity index (χ1v) is 10.4. The maximum atomic E-state index is 5.02. The van der Waals surface area contributed by atoms with E-state index in [1.165, 1.54) is 5.56 Å². The van der Waals surface area contributed by atoms with Gasteiger partial charge in [0, 0.05) is 30.0 Å². The minimum absolute atomic E-state index is 0.883. The van der Waals surface area contributed by atoms with Gasteiger partial charge in [-0.05, 0) is 30.5 Å². The number of aryl methyl sites for hydroxylation is 1. The largest absolute Gasteiger partial charge is 0.340 e. The van der Waals surface area contributed by atoms with E-state index in [1.54, 1.807) is 11.3 Å². The van der Waals surface area contributed by atoms with Crippen molar-refractivity contribution in [2.75, 3.05) is 29.5 Å². The number of anilines is 1. The van der Waals surface area contributed by atoms with Crippen LogP contribution in [0.15, 0.2) is 35.7 Å². The molecule has 1 fully saturated rings. The van der Waals surface area contributed by atoms with Crippen molar-refractivity contribution in [3.8, 4) is 10.7 Å². The van der Waals surface area contributed by atoms with Gasteiger partial charge in [-0.2, -0.15) is 11.8 Å². The summed E-state index contributed by atoms with van der Waals surface area (Å²) in [7, 11) is 0. The predicted octanol–water partition coefficient (Wildman–Crippen LogP) is 3.87. The number of hydrogen-bond donors (Lipinski definition) is 0. The van der Waals surface area contributed by atoms with Crippen LogP contribution >= 0.6 is 23.1 Å². The quantitative estimate of drug-likeness (QED) is 0.538. The molecule has 0 N–H and O–H groups in total. The molecule has 1 saturated heterocycles. The van der Waals surface area contributed by atoms with Gasteiger partial charge in [-0.15, -0.1) is 21.5 Å². The molecule has 0 atom stereocenters. The molecule has 1 aliphatic heterocycles. The van der Waals surface area contributed by atoms with Crippen molar-refractivity contribution >= 4 is 45.6 Å². The van der Waals surface area contributed by atoms with Crippen LogP contribution in [0.5, 0.6) is 0 Å². The highest BCUT2D eigenvalue weighted by molar-refractivity contribution is 7.99. The summed E-state index contributed by atoms with van der Waals surface area (Å²) in [5.41, 5.74) is 3.08. The Labute approximate surface area is 153 Å². The molecule has 0 amide bonds. The SMILES string of the molecule is Cc1ccc2nc(N3CCSCC3)n3c(-c4cccs4)nnc3c2c1. The number of aromatic nitrogens is 4. The van der Waals surface area contributed by atoms with Crippen LogP contribution in [0.3, 0.4) is 0 Å². The summed E-state index contributed by atoms with van der Waals surface area (Å²) < 4.78 is 2.14. The third-order valence-corrected chi connectivity index (χ3v) is 6.32. The Morgan fingerprint density at radius 3 is 2.76 bits per heavy atom. The summed E-state index contributed by atoms with van der Waals surface area (Å²) in [6, 6.07) is 10.5. The fourth-order valence-electron chi connectivity index (χ4n) is 3.27. The van der Waals surface area contributed by atoms with Crippen LogP contribution in [-0.4, -0.2) is 44.2 Å². The summed E-state index contributed by atoms with van der Waals surface area (Å²) in [6.07, 6.45) is 0. The van der Waals surface area contributed by atoms with Crippen LogP contribution in [0.25, 0.3) is 27.3 Å². The standard InChI is InChI=1S/C18H17N5S2/c1-12-4-5-14-13(11-12)16-20-21-17(15-3-2-8-25-15)23(16)18(19-14)22-6-9-24-10-7-22/h2-5,8,11H,6-7,9-10H2,1H3. The molecule has 5 rings (SSSR count). The van der Waals surface area contributed by atoms with E-state index in [4.69, 9.17) is 4.98 Å². The van der Waals surface area contributed by atoms with Crippen molar-refractivity contribution in [1.29, 1.82) is 0 Å². The zero-order valence-corrected chi connectivity index (χ0v) is 15.5.